The molecule has 0 heterocycles. The van der Waals surface area contributed by atoms with Gasteiger partial charge in [-0.25, -0.2) is 0 Å². The Labute approximate surface area is 94.5 Å². The summed E-state index contributed by atoms with van der Waals surface area (Å²) in [6.07, 6.45) is 3.94. The van der Waals surface area contributed by atoms with Crippen LogP contribution in [0.1, 0.15) is 47.0 Å². The molecule has 0 spiro atoms. The van der Waals surface area contributed by atoms with Crippen molar-refractivity contribution in [3.05, 3.63) is 0 Å². The highest BCUT2D eigenvalue weighted by atomic mass is 16.3. The smallest absolute Gasteiger partial charge is 0.0471 e. The van der Waals surface area contributed by atoms with Crippen molar-refractivity contribution in [1.82, 2.24) is 5.32 Å². The van der Waals surface area contributed by atoms with Crippen LogP contribution >= 0.6 is 0 Å². The average Bonchev–Trinajstić information content (AvgIpc) is 2.22. The maximum Gasteiger partial charge on any atom is 0.0471 e. The lowest BCUT2D eigenvalue weighted by molar-refractivity contribution is 0.172. The summed E-state index contributed by atoms with van der Waals surface area (Å²) in [5, 5.41) is 12.7. The van der Waals surface area contributed by atoms with Crippen LogP contribution in [0.15, 0.2) is 0 Å². The van der Waals surface area contributed by atoms with Crippen molar-refractivity contribution >= 4 is 0 Å². The van der Waals surface area contributed by atoms with E-state index in [1.54, 1.807) is 0 Å². The van der Waals surface area contributed by atoms with E-state index >= 15 is 0 Å². The molecular formula is C13H27NO. The first-order valence-corrected chi connectivity index (χ1v) is 6.41. The standard InChI is InChI=1S/C13H27NO/c1-9-5-6-13(7-10(9)2)14-12(4)11(3)8-15/h9-15H,5-8H2,1-4H3. The van der Waals surface area contributed by atoms with Gasteiger partial charge in [-0.1, -0.05) is 20.8 Å². The minimum atomic E-state index is 0.285. The van der Waals surface area contributed by atoms with E-state index in [1.807, 2.05) is 0 Å². The topological polar surface area (TPSA) is 32.3 Å². The number of hydrogen-bond acceptors (Lipinski definition) is 2. The van der Waals surface area contributed by atoms with E-state index in [9.17, 15) is 0 Å². The van der Waals surface area contributed by atoms with E-state index in [0.717, 1.165) is 11.8 Å². The third kappa shape index (κ3) is 3.76. The van der Waals surface area contributed by atoms with E-state index in [-0.39, 0.29) is 6.61 Å². The molecule has 5 unspecified atom stereocenters. The number of aliphatic hydroxyl groups is 1. The molecule has 0 amide bonds. The van der Waals surface area contributed by atoms with Crippen molar-refractivity contribution in [3.8, 4) is 0 Å². The quantitative estimate of drug-likeness (QED) is 0.751. The van der Waals surface area contributed by atoms with Crippen LogP contribution in [-0.2, 0) is 0 Å². The summed E-state index contributed by atoms with van der Waals surface area (Å²) in [4.78, 5) is 0. The molecule has 1 saturated carbocycles. The molecule has 2 nitrogen and oxygen atoms in total. The number of hydrogen-bond donors (Lipinski definition) is 2. The highest BCUT2D eigenvalue weighted by Gasteiger charge is 2.26. The summed E-state index contributed by atoms with van der Waals surface area (Å²) in [5.74, 6) is 2.08. The Balaban J connectivity index is 2.33. The van der Waals surface area contributed by atoms with E-state index in [1.165, 1.54) is 19.3 Å². The first kappa shape index (κ1) is 13.0. The first-order valence-electron chi connectivity index (χ1n) is 6.41. The maximum atomic E-state index is 9.09. The van der Waals surface area contributed by atoms with Crippen molar-refractivity contribution in [2.75, 3.05) is 6.61 Å². The van der Waals surface area contributed by atoms with E-state index in [2.05, 4.69) is 33.0 Å². The third-order valence-corrected chi connectivity index (χ3v) is 4.24. The summed E-state index contributed by atoms with van der Waals surface area (Å²) in [7, 11) is 0. The SMILES string of the molecule is CC1CCC(NC(C)C(C)CO)CC1C. The van der Waals surface area contributed by atoms with Gasteiger partial charge in [0.15, 0.2) is 0 Å². The molecule has 0 radical (unpaired) electrons. The predicted octanol–water partition coefficient (Wildman–Crippen LogP) is 2.42. The van der Waals surface area contributed by atoms with Gasteiger partial charge in [0.25, 0.3) is 0 Å². The molecule has 0 aliphatic heterocycles. The van der Waals surface area contributed by atoms with Gasteiger partial charge in [0.1, 0.15) is 0 Å². The van der Waals surface area contributed by atoms with Crippen LogP contribution in [0.5, 0.6) is 0 Å². The average molecular weight is 213 g/mol. The van der Waals surface area contributed by atoms with Gasteiger partial charge in [0, 0.05) is 18.7 Å². The lowest BCUT2D eigenvalue weighted by Crippen LogP contribution is -2.44. The Kier molecular flexibility index (Phi) is 5.07. The van der Waals surface area contributed by atoms with Crippen LogP contribution in [0.25, 0.3) is 0 Å². The van der Waals surface area contributed by atoms with Crippen LogP contribution in [0.3, 0.4) is 0 Å². The van der Waals surface area contributed by atoms with Crippen LogP contribution in [-0.4, -0.2) is 23.8 Å². The summed E-state index contributed by atoms with van der Waals surface area (Å²) in [6, 6.07) is 1.10. The minimum absolute atomic E-state index is 0.285. The molecule has 1 fully saturated rings. The zero-order valence-corrected chi connectivity index (χ0v) is 10.7. The Bertz CT molecular complexity index is 183. The lowest BCUT2D eigenvalue weighted by Gasteiger charge is -2.35. The molecule has 1 aliphatic carbocycles. The van der Waals surface area contributed by atoms with Crippen molar-refractivity contribution in [2.24, 2.45) is 17.8 Å². The Morgan fingerprint density at radius 3 is 2.40 bits per heavy atom. The van der Waals surface area contributed by atoms with Gasteiger partial charge in [-0.2, -0.15) is 0 Å². The molecule has 0 saturated heterocycles. The molecule has 1 aliphatic rings. The van der Waals surface area contributed by atoms with Gasteiger partial charge >= 0.3 is 0 Å². The predicted molar refractivity (Wildman–Crippen MR) is 64.8 cm³/mol. The van der Waals surface area contributed by atoms with Crippen LogP contribution in [0.2, 0.25) is 0 Å². The molecule has 0 aromatic heterocycles. The van der Waals surface area contributed by atoms with Crippen LogP contribution < -0.4 is 5.32 Å². The van der Waals surface area contributed by atoms with Gasteiger partial charge < -0.3 is 10.4 Å². The normalized spacial score (nSPS) is 36.2. The number of rotatable bonds is 4. The summed E-state index contributed by atoms with van der Waals surface area (Å²) in [5.41, 5.74) is 0. The largest absolute Gasteiger partial charge is 0.396 e. The molecule has 15 heavy (non-hydrogen) atoms. The summed E-state index contributed by atoms with van der Waals surface area (Å²) >= 11 is 0. The summed E-state index contributed by atoms with van der Waals surface area (Å²) < 4.78 is 0. The highest BCUT2D eigenvalue weighted by molar-refractivity contribution is 4.82. The second kappa shape index (κ2) is 5.86. The van der Waals surface area contributed by atoms with Gasteiger partial charge in [-0.15, -0.1) is 0 Å². The Morgan fingerprint density at radius 2 is 1.87 bits per heavy atom. The first-order chi connectivity index (χ1) is 7.04. The zero-order valence-electron chi connectivity index (χ0n) is 10.7. The van der Waals surface area contributed by atoms with E-state index in [4.69, 9.17) is 5.11 Å². The van der Waals surface area contributed by atoms with Gasteiger partial charge in [-0.05, 0) is 43.9 Å². The van der Waals surface area contributed by atoms with Crippen molar-refractivity contribution < 1.29 is 5.11 Å². The van der Waals surface area contributed by atoms with Crippen LogP contribution in [0.4, 0.5) is 0 Å². The zero-order chi connectivity index (χ0) is 11.4. The molecule has 2 heteroatoms. The minimum Gasteiger partial charge on any atom is -0.396 e. The molecule has 0 aromatic carbocycles. The van der Waals surface area contributed by atoms with Crippen molar-refractivity contribution in [3.63, 3.8) is 0 Å². The van der Waals surface area contributed by atoms with Gasteiger partial charge in [0.2, 0.25) is 0 Å². The van der Waals surface area contributed by atoms with E-state index < -0.39 is 0 Å². The fraction of sp³-hybridized carbons (Fsp3) is 1.00. The monoisotopic (exact) mass is 213 g/mol. The number of nitrogens with one attached hydrogen (secondary N) is 1. The Morgan fingerprint density at radius 1 is 1.20 bits per heavy atom. The second-order valence-corrected chi connectivity index (χ2v) is 5.58. The molecule has 90 valence electrons. The molecular weight excluding hydrogens is 186 g/mol. The Hall–Kier alpha value is -0.0800. The van der Waals surface area contributed by atoms with E-state index in [0.29, 0.717) is 18.0 Å². The fourth-order valence-electron chi connectivity index (χ4n) is 2.39. The van der Waals surface area contributed by atoms with Crippen molar-refractivity contribution in [2.45, 2.75) is 59.0 Å². The summed E-state index contributed by atoms with van der Waals surface area (Å²) in [6.45, 7) is 9.29. The fourth-order valence-corrected chi connectivity index (χ4v) is 2.39. The second-order valence-electron chi connectivity index (χ2n) is 5.58. The molecule has 5 atom stereocenters. The highest BCUT2D eigenvalue weighted by Crippen LogP contribution is 2.29. The molecule has 0 aromatic rings. The molecule has 0 bridgehead atoms. The number of aliphatic hydroxyl groups excluding tert-OH is 1. The molecule has 1 rings (SSSR count). The lowest BCUT2D eigenvalue weighted by atomic mass is 9.79. The van der Waals surface area contributed by atoms with Gasteiger partial charge in [-0.3, -0.25) is 0 Å². The van der Waals surface area contributed by atoms with Crippen molar-refractivity contribution in [1.29, 1.82) is 0 Å². The van der Waals surface area contributed by atoms with Gasteiger partial charge in [0.05, 0.1) is 0 Å². The third-order valence-electron chi connectivity index (χ3n) is 4.24. The maximum absolute atomic E-state index is 9.09. The van der Waals surface area contributed by atoms with Crippen LogP contribution in [0, 0.1) is 17.8 Å². The molecule has 2 N–H and O–H groups in total.